The molecule has 0 saturated heterocycles. The van der Waals surface area contributed by atoms with Crippen molar-refractivity contribution < 1.29 is 27.5 Å². The van der Waals surface area contributed by atoms with Gasteiger partial charge in [0, 0.05) is 17.7 Å². The number of hydrogen-bond acceptors (Lipinski definition) is 4. The van der Waals surface area contributed by atoms with Crippen molar-refractivity contribution in [3.8, 4) is 0 Å². The number of Topliss-reactive ketones (excluding diaryl/α,β-unsaturated/α-hetero) is 1. The standard InChI is InChI=1S/C25H23F3N2O3/c1-25(2,3)33-24(32)30-20-12-8-7-11-19(20)29-22(23(31)15-9-5-4-6-10-15)21-17(27)13-16(26)14-18(21)28/h4-14,22,29H,1-3H3,(H,30,32). The lowest BCUT2D eigenvalue weighted by atomic mass is 9.95. The van der Waals surface area contributed by atoms with Gasteiger partial charge < -0.3 is 10.1 Å². The molecular formula is C25H23F3N2O3. The Morgan fingerprint density at radius 1 is 0.848 bits per heavy atom. The van der Waals surface area contributed by atoms with E-state index in [1.165, 1.54) is 24.3 Å². The van der Waals surface area contributed by atoms with Gasteiger partial charge >= 0.3 is 6.09 Å². The summed E-state index contributed by atoms with van der Waals surface area (Å²) in [5.74, 6) is -4.18. The van der Waals surface area contributed by atoms with Gasteiger partial charge in [-0.05, 0) is 32.9 Å². The van der Waals surface area contributed by atoms with E-state index in [0.717, 1.165) is 0 Å². The second-order valence-corrected chi connectivity index (χ2v) is 8.26. The van der Waals surface area contributed by atoms with Crippen LogP contribution in [0.3, 0.4) is 0 Å². The zero-order chi connectivity index (χ0) is 24.2. The van der Waals surface area contributed by atoms with E-state index < -0.39 is 46.5 Å². The van der Waals surface area contributed by atoms with Gasteiger partial charge in [-0.1, -0.05) is 42.5 Å². The summed E-state index contributed by atoms with van der Waals surface area (Å²) in [5, 5.41) is 5.37. The van der Waals surface area contributed by atoms with E-state index >= 15 is 0 Å². The Balaban J connectivity index is 2.02. The number of halogens is 3. The van der Waals surface area contributed by atoms with Crippen molar-refractivity contribution >= 4 is 23.3 Å². The van der Waals surface area contributed by atoms with Gasteiger partial charge in [-0.3, -0.25) is 10.1 Å². The minimum absolute atomic E-state index is 0.190. The number of nitrogens with one attached hydrogen (secondary N) is 2. The Morgan fingerprint density at radius 3 is 1.97 bits per heavy atom. The van der Waals surface area contributed by atoms with Gasteiger partial charge in [0.25, 0.3) is 0 Å². The van der Waals surface area contributed by atoms with Gasteiger partial charge in [0.2, 0.25) is 0 Å². The Bertz CT molecular complexity index is 1140. The molecule has 33 heavy (non-hydrogen) atoms. The lowest BCUT2D eigenvalue weighted by molar-refractivity contribution is 0.0636. The first kappa shape index (κ1) is 23.8. The highest BCUT2D eigenvalue weighted by atomic mass is 19.1. The number of carbonyl (C=O) groups is 2. The Morgan fingerprint density at radius 2 is 1.39 bits per heavy atom. The molecule has 0 heterocycles. The maximum absolute atomic E-state index is 14.7. The number of ketones is 1. The van der Waals surface area contributed by atoms with E-state index in [2.05, 4.69) is 10.6 Å². The molecule has 1 amide bonds. The zero-order valence-corrected chi connectivity index (χ0v) is 18.3. The quantitative estimate of drug-likeness (QED) is 0.416. The highest BCUT2D eigenvalue weighted by molar-refractivity contribution is 6.03. The van der Waals surface area contributed by atoms with E-state index in [-0.39, 0.29) is 16.9 Å². The molecule has 0 spiro atoms. The maximum atomic E-state index is 14.7. The Hall–Kier alpha value is -3.81. The second kappa shape index (κ2) is 9.77. The molecule has 0 bridgehead atoms. The highest BCUT2D eigenvalue weighted by Crippen LogP contribution is 2.32. The van der Waals surface area contributed by atoms with Crippen molar-refractivity contribution in [1.82, 2.24) is 0 Å². The predicted octanol–water partition coefficient (Wildman–Crippen LogP) is 6.49. The van der Waals surface area contributed by atoms with Crippen LogP contribution in [0, 0.1) is 17.5 Å². The molecule has 3 aromatic carbocycles. The van der Waals surface area contributed by atoms with E-state index in [4.69, 9.17) is 4.74 Å². The minimum Gasteiger partial charge on any atom is -0.444 e. The molecule has 8 heteroatoms. The number of benzene rings is 3. The van der Waals surface area contributed by atoms with Crippen molar-refractivity contribution in [1.29, 1.82) is 0 Å². The van der Waals surface area contributed by atoms with Crippen molar-refractivity contribution in [2.45, 2.75) is 32.4 Å². The largest absolute Gasteiger partial charge is 0.444 e. The molecule has 1 atom stereocenters. The number of hydrogen-bond donors (Lipinski definition) is 2. The van der Waals surface area contributed by atoms with E-state index in [1.54, 1.807) is 51.1 Å². The lowest BCUT2D eigenvalue weighted by Gasteiger charge is -2.24. The van der Waals surface area contributed by atoms with Crippen LogP contribution < -0.4 is 10.6 Å². The van der Waals surface area contributed by atoms with Crippen LogP contribution in [0.2, 0.25) is 0 Å². The van der Waals surface area contributed by atoms with Crippen LogP contribution in [0.4, 0.5) is 29.3 Å². The van der Waals surface area contributed by atoms with Crippen molar-refractivity contribution in [2.75, 3.05) is 10.6 Å². The number of amides is 1. The average molecular weight is 456 g/mol. The van der Waals surface area contributed by atoms with Gasteiger partial charge in [-0.2, -0.15) is 0 Å². The fraction of sp³-hybridized carbons (Fsp3) is 0.200. The molecule has 1 unspecified atom stereocenters. The van der Waals surface area contributed by atoms with Crippen LogP contribution in [0.5, 0.6) is 0 Å². The second-order valence-electron chi connectivity index (χ2n) is 8.26. The summed E-state index contributed by atoms with van der Waals surface area (Å²) in [6.07, 6.45) is -0.748. The third-order valence-electron chi connectivity index (χ3n) is 4.52. The van der Waals surface area contributed by atoms with Crippen LogP contribution >= 0.6 is 0 Å². The van der Waals surface area contributed by atoms with Crippen LogP contribution in [0.1, 0.15) is 42.7 Å². The van der Waals surface area contributed by atoms with Crippen LogP contribution in [0.15, 0.2) is 66.7 Å². The van der Waals surface area contributed by atoms with Crippen LogP contribution in [-0.2, 0) is 4.74 Å². The summed E-state index contributed by atoms with van der Waals surface area (Å²) < 4.78 is 48.1. The van der Waals surface area contributed by atoms with E-state index in [1.807, 2.05) is 0 Å². The predicted molar refractivity (Wildman–Crippen MR) is 120 cm³/mol. The van der Waals surface area contributed by atoms with Gasteiger partial charge in [0.1, 0.15) is 29.1 Å². The fourth-order valence-electron chi connectivity index (χ4n) is 3.15. The van der Waals surface area contributed by atoms with Crippen LogP contribution in [-0.4, -0.2) is 17.5 Å². The number of ether oxygens (including phenoxy) is 1. The van der Waals surface area contributed by atoms with Crippen LogP contribution in [0.25, 0.3) is 0 Å². The lowest BCUT2D eigenvalue weighted by Crippen LogP contribution is -2.28. The molecule has 5 nitrogen and oxygen atoms in total. The summed E-state index contributed by atoms with van der Waals surface area (Å²) in [5.41, 5.74) is -0.770. The summed E-state index contributed by atoms with van der Waals surface area (Å²) in [6.45, 7) is 5.10. The summed E-state index contributed by atoms with van der Waals surface area (Å²) >= 11 is 0. The first-order valence-corrected chi connectivity index (χ1v) is 10.1. The molecule has 0 saturated carbocycles. The summed E-state index contributed by atoms with van der Waals surface area (Å²) in [7, 11) is 0. The minimum atomic E-state index is -1.55. The molecule has 0 aliphatic carbocycles. The third-order valence-corrected chi connectivity index (χ3v) is 4.52. The number of para-hydroxylation sites is 2. The van der Waals surface area contributed by atoms with Gasteiger partial charge in [-0.25, -0.2) is 18.0 Å². The normalized spacial score (nSPS) is 12.1. The fourth-order valence-corrected chi connectivity index (χ4v) is 3.15. The first-order chi connectivity index (χ1) is 15.5. The number of rotatable bonds is 6. The van der Waals surface area contributed by atoms with E-state index in [9.17, 15) is 22.8 Å². The van der Waals surface area contributed by atoms with Crippen molar-refractivity contribution in [3.05, 3.63) is 95.3 Å². The summed E-state index contributed by atoms with van der Waals surface area (Å²) in [4.78, 5) is 25.5. The van der Waals surface area contributed by atoms with Gasteiger partial charge in [0.15, 0.2) is 5.78 Å². The topological polar surface area (TPSA) is 67.4 Å². The summed E-state index contributed by atoms with van der Waals surface area (Å²) in [6, 6.07) is 13.7. The highest BCUT2D eigenvalue weighted by Gasteiger charge is 2.29. The van der Waals surface area contributed by atoms with E-state index in [0.29, 0.717) is 12.1 Å². The molecule has 0 aliphatic heterocycles. The van der Waals surface area contributed by atoms with Crippen molar-refractivity contribution in [3.63, 3.8) is 0 Å². The number of anilines is 2. The maximum Gasteiger partial charge on any atom is 0.412 e. The zero-order valence-electron chi connectivity index (χ0n) is 18.3. The molecule has 0 fully saturated rings. The molecule has 2 N–H and O–H groups in total. The first-order valence-electron chi connectivity index (χ1n) is 10.1. The Labute approximate surface area is 189 Å². The van der Waals surface area contributed by atoms with Gasteiger partial charge in [-0.15, -0.1) is 0 Å². The smallest absolute Gasteiger partial charge is 0.412 e. The molecule has 3 rings (SSSR count). The average Bonchev–Trinajstić information content (AvgIpc) is 2.72. The monoisotopic (exact) mass is 456 g/mol. The SMILES string of the molecule is CC(C)(C)OC(=O)Nc1ccccc1NC(C(=O)c1ccccc1)c1c(F)cc(F)cc1F. The molecule has 172 valence electrons. The molecular weight excluding hydrogens is 433 g/mol. The molecule has 0 aromatic heterocycles. The molecule has 0 radical (unpaired) electrons. The molecule has 0 aliphatic rings. The van der Waals surface area contributed by atoms with Crippen molar-refractivity contribution in [2.24, 2.45) is 0 Å². The number of carbonyl (C=O) groups excluding carboxylic acids is 2. The Kier molecular flexibility index (Phi) is 7.06. The third kappa shape index (κ3) is 6.12. The molecule has 3 aromatic rings. The van der Waals surface area contributed by atoms with Gasteiger partial charge in [0.05, 0.1) is 16.9 Å².